The molecule has 0 aliphatic heterocycles. The molecular formula is C10H9F2NO2. The lowest BCUT2D eigenvalue weighted by Crippen LogP contribution is -2.09. The van der Waals surface area contributed by atoms with Gasteiger partial charge in [0.05, 0.1) is 11.3 Å². The highest BCUT2D eigenvalue weighted by Gasteiger charge is 2.13. The van der Waals surface area contributed by atoms with E-state index in [1.54, 1.807) is 0 Å². The van der Waals surface area contributed by atoms with E-state index in [1.807, 2.05) is 0 Å². The van der Waals surface area contributed by atoms with Crippen LogP contribution in [-0.4, -0.2) is 11.7 Å². The van der Waals surface area contributed by atoms with Gasteiger partial charge in [-0.25, -0.2) is 8.78 Å². The van der Waals surface area contributed by atoms with Gasteiger partial charge < -0.3 is 5.32 Å². The minimum atomic E-state index is -0.854. The second kappa shape index (κ2) is 4.16. The monoisotopic (exact) mass is 213 g/mol. The van der Waals surface area contributed by atoms with Crippen LogP contribution in [0.3, 0.4) is 0 Å². The number of ketones is 1. The van der Waals surface area contributed by atoms with Crippen molar-refractivity contribution in [1.29, 1.82) is 0 Å². The second-order valence-corrected chi connectivity index (χ2v) is 3.05. The SMILES string of the molecule is CC(=O)Nc1cc(F)c(C(C)=O)cc1F. The molecule has 5 heteroatoms. The topological polar surface area (TPSA) is 46.2 Å². The fourth-order valence-electron chi connectivity index (χ4n) is 1.10. The summed E-state index contributed by atoms with van der Waals surface area (Å²) in [6, 6.07) is 1.55. The minimum absolute atomic E-state index is 0.273. The third kappa shape index (κ3) is 2.59. The minimum Gasteiger partial charge on any atom is -0.324 e. The molecular weight excluding hydrogens is 204 g/mol. The number of rotatable bonds is 2. The largest absolute Gasteiger partial charge is 0.324 e. The molecule has 0 aromatic heterocycles. The molecule has 1 amide bonds. The van der Waals surface area contributed by atoms with Crippen molar-refractivity contribution in [2.24, 2.45) is 0 Å². The van der Waals surface area contributed by atoms with Crippen molar-refractivity contribution in [1.82, 2.24) is 0 Å². The standard InChI is InChI=1S/C10H9F2NO2/c1-5(14)7-3-9(12)10(4-8(7)11)13-6(2)15/h3-4H,1-2H3,(H,13,15). The van der Waals surface area contributed by atoms with E-state index < -0.39 is 23.3 Å². The van der Waals surface area contributed by atoms with Gasteiger partial charge in [-0.15, -0.1) is 0 Å². The van der Waals surface area contributed by atoms with Gasteiger partial charge in [-0.2, -0.15) is 0 Å². The van der Waals surface area contributed by atoms with Gasteiger partial charge in [-0.05, 0) is 13.0 Å². The number of halogens is 2. The zero-order chi connectivity index (χ0) is 11.6. The molecule has 0 heterocycles. The molecule has 1 aromatic carbocycles. The quantitative estimate of drug-likeness (QED) is 0.765. The maximum atomic E-state index is 13.2. The summed E-state index contributed by atoms with van der Waals surface area (Å²) in [6.07, 6.45) is 0. The molecule has 0 fully saturated rings. The molecule has 0 saturated carbocycles. The Morgan fingerprint density at radius 1 is 1.13 bits per heavy atom. The lowest BCUT2D eigenvalue weighted by Gasteiger charge is -2.06. The van der Waals surface area contributed by atoms with E-state index in [0.29, 0.717) is 0 Å². The van der Waals surface area contributed by atoms with Crippen LogP contribution < -0.4 is 5.32 Å². The maximum Gasteiger partial charge on any atom is 0.221 e. The summed E-state index contributed by atoms with van der Waals surface area (Å²) in [7, 11) is 0. The summed E-state index contributed by atoms with van der Waals surface area (Å²) in [5.74, 6) is -2.77. The van der Waals surface area contributed by atoms with Crippen LogP contribution in [0.1, 0.15) is 24.2 Å². The lowest BCUT2D eigenvalue weighted by molar-refractivity contribution is -0.114. The van der Waals surface area contributed by atoms with Crippen LogP contribution in [0.4, 0.5) is 14.5 Å². The highest BCUT2D eigenvalue weighted by Crippen LogP contribution is 2.19. The molecule has 0 bridgehead atoms. The Balaban J connectivity index is 3.19. The summed E-state index contributed by atoms with van der Waals surface area (Å²) in [4.78, 5) is 21.5. The van der Waals surface area contributed by atoms with Crippen molar-refractivity contribution in [3.8, 4) is 0 Å². The normalized spacial score (nSPS) is 9.87. The van der Waals surface area contributed by atoms with Crippen LogP contribution in [-0.2, 0) is 4.79 Å². The number of hydrogen-bond acceptors (Lipinski definition) is 2. The Kier molecular flexibility index (Phi) is 3.14. The molecule has 0 unspecified atom stereocenters. The van der Waals surface area contributed by atoms with E-state index in [2.05, 4.69) is 5.32 Å². The average molecular weight is 213 g/mol. The first kappa shape index (κ1) is 11.3. The van der Waals surface area contributed by atoms with Crippen LogP contribution in [0, 0.1) is 11.6 Å². The first-order valence-corrected chi connectivity index (χ1v) is 4.19. The van der Waals surface area contributed by atoms with Crippen LogP contribution in [0.2, 0.25) is 0 Å². The predicted octanol–water partition coefficient (Wildman–Crippen LogP) is 2.13. The van der Waals surface area contributed by atoms with E-state index in [9.17, 15) is 18.4 Å². The molecule has 0 aliphatic carbocycles. The molecule has 0 spiro atoms. The summed E-state index contributed by atoms with van der Waals surface area (Å²) in [5.41, 5.74) is -0.605. The molecule has 3 nitrogen and oxygen atoms in total. The molecule has 0 atom stereocenters. The van der Waals surface area contributed by atoms with Crippen molar-refractivity contribution in [3.63, 3.8) is 0 Å². The van der Waals surface area contributed by atoms with E-state index in [0.717, 1.165) is 19.1 Å². The van der Waals surface area contributed by atoms with Gasteiger partial charge in [0.25, 0.3) is 0 Å². The van der Waals surface area contributed by atoms with E-state index in [-0.39, 0.29) is 11.3 Å². The molecule has 0 radical (unpaired) electrons. The van der Waals surface area contributed by atoms with Gasteiger partial charge in [-0.3, -0.25) is 9.59 Å². The van der Waals surface area contributed by atoms with Gasteiger partial charge in [0.1, 0.15) is 11.6 Å². The summed E-state index contributed by atoms with van der Waals surface area (Å²) in [5, 5.41) is 2.11. The molecule has 1 N–H and O–H groups in total. The molecule has 0 aliphatic rings. The molecule has 0 saturated heterocycles. The zero-order valence-electron chi connectivity index (χ0n) is 8.23. The van der Waals surface area contributed by atoms with Crippen molar-refractivity contribution < 1.29 is 18.4 Å². The van der Waals surface area contributed by atoms with Gasteiger partial charge in [-0.1, -0.05) is 0 Å². The number of Topliss-reactive ketones (excluding diaryl/α,β-unsaturated/α-hetero) is 1. The van der Waals surface area contributed by atoms with Gasteiger partial charge in [0, 0.05) is 13.0 Å². The van der Waals surface area contributed by atoms with Crippen LogP contribution >= 0.6 is 0 Å². The van der Waals surface area contributed by atoms with E-state index >= 15 is 0 Å². The van der Waals surface area contributed by atoms with Crippen molar-refractivity contribution in [3.05, 3.63) is 29.3 Å². The number of carbonyl (C=O) groups excluding carboxylic acids is 2. The van der Waals surface area contributed by atoms with E-state index in [4.69, 9.17) is 0 Å². The molecule has 15 heavy (non-hydrogen) atoms. The van der Waals surface area contributed by atoms with Crippen molar-refractivity contribution in [2.75, 3.05) is 5.32 Å². The van der Waals surface area contributed by atoms with Crippen LogP contribution in [0.5, 0.6) is 0 Å². The Hall–Kier alpha value is -1.78. The third-order valence-corrected chi connectivity index (χ3v) is 1.75. The number of nitrogens with one attached hydrogen (secondary N) is 1. The van der Waals surface area contributed by atoms with Crippen LogP contribution in [0.25, 0.3) is 0 Å². The van der Waals surface area contributed by atoms with Crippen LogP contribution in [0.15, 0.2) is 12.1 Å². The number of hydrogen-bond donors (Lipinski definition) is 1. The summed E-state index contributed by atoms with van der Waals surface area (Å²) >= 11 is 0. The number of benzene rings is 1. The number of carbonyl (C=O) groups is 2. The molecule has 1 rings (SSSR count). The Bertz CT molecular complexity index is 430. The Morgan fingerprint density at radius 3 is 2.20 bits per heavy atom. The zero-order valence-corrected chi connectivity index (χ0v) is 8.23. The Labute approximate surface area is 85.1 Å². The average Bonchev–Trinajstić information content (AvgIpc) is 2.09. The highest BCUT2D eigenvalue weighted by molar-refractivity contribution is 5.95. The summed E-state index contributed by atoms with van der Waals surface area (Å²) in [6.45, 7) is 2.31. The lowest BCUT2D eigenvalue weighted by atomic mass is 10.1. The molecule has 1 aromatic rings. The van der Waals surface area contributed by atoms with Gasteiger partial charge >= 0.3 is 0 Å². The van der Waals surface area contributed by atoms with Crippen molar-refractivity contribution in [2.45, 2.75) is 13.8 Å². The van der Waals surface area contributed by atoms with E-state index in [1.165, 1.54) is 6.92 Å². The first-order chi connectivity index (χ1) is 6.91. The predicted molar refractivity (Wildman–Crippen MR) is 50.7 cm³/mol. The fraction of sp³-hybridized carbons (Fsp3) is 0.200. The fourth-order valence-corrected chi connectivity index (χ4v) is 1.10. The first-order valence-electron chi connectivity index (χ1n) is 4.19. The third-order valence-electron chi connectivity index (χ3n) is 1.75. The highest BCUT2D eigenvalue weighted by atomic mass is 19.1. The number of anilines is 1. The van der Waals surface area contributed by atoms with Gasteiger partial charge in [0.15, 0.2) is 5.78 Å². The van der Waals surface area contributed by atoms with Gasteiger partial charge in [0.2, 0.25) is 5.91 Å². The second-order valence-electron chi connectivity index (χ2n) is 3.05. The molecule has 80 valence electrons. The number of amides is 1. The summed E-state index contributed by atoms with van der Waals surface area (Å²) < 4.78 is 26.4. The van der Waals surface area contributed by atoms with Crippen molar-refractivity contribution >= 4 is 17.4 Å². The Morgan fingerprint density at radius 2 is 1.73 bits per heavy atom. The maximum absolute atomic E-state index is 13.2. The smallest absolute Gasteiger partial charge is 0.221 e.